The number of urea groups is 1. The van der Waals surface area contributed by atoms with Gasteiger partial charge in [0.15, 0.2) is 0 Å². The number of nitrogens with one attached hydrogen (secondary N) is 2. The number of sulfonamides is 1. The van der Waals surface area contributed by atoms with E-state index in [4.69, 9.17) is 5.73 Å². The SMILES string of the molecule is CCNC(=O)NS(=O)(=O)c1ccc(F)cc1N. The molecule has 1 aromatic rings. The average molecular weight is 261 g/mol. The fraction of sp³-hybridized carbons (Fsp3) is 0.222. The maximum Gasteiger partial charge on any atom is 0.328 e. The zero-order valence-corrected chi connectivity index (χ0v) is 9.84. The van der Waals surface area contributed by atoms with E-state index >= 15 is 0 Å². The standard InChI is InChI=1S/C9H12FN3O3S/c1-2-12-9(14)13-17(15,16)8-4-3-6(10)5-7(8)11/h3-5H,2,11H2,1H3,(H2,12,13,14). The Morgan fingerprint density at radius 3 is 2.65 bits per heavy atom. The number of carbonyl (C=O) groups is 1. The molecular weight excluding hydrogens is 249 g/mol. The molecule has 0 fully saturated rings. The van der Waals surface area contributed by atoms with Gasteiger partial charge >= 0.3 is 6.03 Å². The molecule has 0 aliphatic heterocycles. The molecule has 8 heteroatoms. The van der Waals surface area contributed by atoms with Crippen molar-refractivity contribution in [2.45, 2.75) is 11.8 Å². The highest BCUT2D eigenvalue weighted by molar-refractivity contribution is 7.90. The molecule has 0 unspecified atom stereocenters. The second-order valence-corrected chi connectivity index (χ2v) is 4.80. The van der Waals surface area contributed by atoms with Crippen molar-refractivity contribution in [3.8, 4) is 0 Å². The molecule has 4 N–H and O–H groups in total. The number of hydrogen-bond acceptors (Lipinski definition) is 4. The molecule has 17 heavy (non-hydrogen) atoms. The van der Waals surface area contributed by atoms with Crippen LogP contribution in [0.4, 0.5) is 14.9 Å². The van der Waals surface area contributed by atoms with Crippen LogP contribution in [-0.2, 0) is 10.0 Å². The third-order valence-corrected chi connectivity index (χ3v) is 3.23. The number of benzene rings is 1. The lowest BCUT2D eigenvalue weighted by molar-refractivity contribution is 0.246. The van der Waals surface area contributed by atoms with Gasteiger partial charge in [-0.25, -0.2) is 22.3 Å². The highest BCUT2D eigenvalue weighted by atomic mass is 32.2. The summed E-state index contributed by atoms with van der Waals surface area (Å²) in [7, 11) is -4.08. The van der Waals surface area contributed by atoms with Crippen LogP contribution in [0.1, 0.15) is 6.92 Å². The molecular formula is C9H12FN3O3S. The first-order valence-electron chi connectivity index (χ1n) is 4.72. The maximum atomic E-state index is 12.7. The van der Waals surface area contributed by atoms with E-state index < -0.39 is 21.9 Å². The third-order valence-electron chi connectivity index (χ3n) is 1.83. The van der Waals surface area contributed by atoms with Crippen molar-refractivity contribution in [1.82, 2.24) is 10.0 Å². The summed E-state index contributed by atoms with van der Waals surface area (Å²) in [5.74, 6) is -0.653. The molecule has 0 saturated heterocycles. The van der Waals surface area contributed by atoms with Crippen LogP contribution in [0.25, 0.3) is 0 Å². The van der Waals surface area contributed by atoms with Gasteiger partial charge in [-0.2, -0.15) is 0 Å². The normalized spacial score (nSPS) is 10.9. The minimum atomic E-state index is -4.08. The van der Waals surface area contributed by atoms with Crippen LogP contribution in [0.3, 0.4) is 0 Å². The molecule has 0 aliphatic rings. The van der Waals surface area contributed by atoms with Crippen LogP contribution >= 0.6 is 0 Å². The molecule has 0 atom stereocenters. The highest BCUT2D eigenvalue weighted by Crippen LogP contribution is 2.18. The summed E-state index contributed by atoms with van der Waals surface area (Å²) in [5, 5.41) is 2.26. The molecule has 94 valence electrons. The summed E-state index contributed by atoms with van der Waals surface area (Å²) in [6, 6.07) is 1.94. The van der Waals surface area contributed by atoms with Crippen molar-refractivity contribution >= 4 is 21.7 Å². The van der Waals surface area contributed by atoms with E-state index in [2.05, 4.69) is 5.32 Å². The van der Waals surface area contributed by atoms with Crippen molar-refractivity contribution in [2.75, 3.05) is 12.3 Å². The minimum Gasteiger partial charge on any atom is -0.398 e. The molecule has 0 aromatic heterocycles. The summed E-state index contributed by atoms with van der Waals surface area (Å²) in [4.78, 5) is 10.8. The largest absolute Gasteiger partial charge is 0.398 e. The molecule has 0 aliphatic carbocycles. The smallest absolute Gasteiger partial charge is 0.328 e. The zero-order chi connectivity index (χ0) is 13.1. The lowest BCUT2D eigenvalue weighted by Crippen LogP contribution is -2.39. The number of rotatable bonds is 3. The topological polar surface area (TPSA) is 101 Å². The van der Waals surface area contributed by atoms with E-state index in [1.807, 2.05) is 0 Å². The van der Waals surface area contributed by atoms with E-state index in [0.717, 1.165) is 18.2 Å². The molecule has 0 spiro atoms. The number of anilines is 1. The van der Waals surface area contributed by atoms with Crippen LogP contribution in [0.15, 0.2) is 23.1 Å². The van der Waals surface area contributed by atoms with E-state index in [1.54, 1.807) is 11.6 Å². The number of halogens is 1. The molecule has 0 radical (unpaired) electrons. The van der Waals surface area contributed by atoms with E-state index in [1.165, 1.54) is 0 Å². The monoisotopic (exact) mass is 261 g/mol. The van der Waals surface area contributed by atoms with Crippen LogP contribution in [0.5, 0.6) is 0 Å². The summed E-state index contributed by atoms with van der Waals surface area (Å²) in [6.45, 7) is 1.92. The second kappa shape index (κ2) is 5.00. The summed E-state index contributed by atoms with van der Waals surface area (Å²) >= 11 is 0. The van der Waals surface area contributed by atoms with E-state index in [-0.39, 0.29) is 17.1 Å². The van der Waals surface area contributed by atoms with Gasteiger partial charge in [-0.1, -0.05) is 0 Å². The van der Waals surface area contributed by atoms with Crippen LogP contribution in [-0.4, -0.2) is 21.0 Å². The Morgan fingerprint density at radius 1 is 1.47 bits per heavy atom. The Bertz CT molecular complexity index is 530. The summed E-state index contributed by atoms with van der Waals surface area (Å²) in [5.41, 5.74) is 5.10. The first kappa shape index (κ1) is 13.2. The minimum absolute atomic E-state index is 0.262. The van der Waals surface area contributed by atoms with Crippen molar-refractivity contribution in [3.05, 3.63) is 24.0 Å². The maximum absolute atomic E-state index is 12.7. The van der Waals surface area contributed by atoms with Gasteiger partial charge in [0.1, 0.15) is 10.7 Å². The zero-order valence-electron chi connectivity index (χ0n) is 9.03. The number of hydrogen-bond donors (Lipinski definition) is 3. The van der Waals surface area contributed by atoms with Gasteiger partial charge in [0.05, 0.1) is 5.69 Å². The molecule has 0 heterocycles. The van der Waals surface area contributed by atoms with Gasteiger partial charge in [0.25, 0.3) is 10.0 Å². The molecule has 1 aromatic carbocycles. The lowest BCUT2D eigenvalue weighted by Gasteiger charge is -2.09. The number of carbonyl (C=O) groups excluding carboxylic acids is 1. The Kier molecular flexibility index (Phi) is 3.89. The molecule has 0 bridgehead atoms. The predicted octanol–water partition coefficient (Wildman–Crippen LogP) is 0.416. The fourth-order valence-corrected chi connectivity index (χ4v) is 2.18. The van der Waals surface area contributed by atoms with Crippen molar-refractivity contribution in [1.29, 1.82) is 0 Å². The first-order chi connectivity index (χ1) is 7.86. The van der Waals surface area contributed by atoms with E-state index in [0.29, 0.717) is 0 Å². The van der Waals surface area contributed by atoms with Crippen LogP contribution in [0.2, 0.25) is 0 Å². The lowest BCUT2D eigenvalue weighted by atomic mass is 10.3. The second-order valence-electron chi connectivity index (χ2n) is 3.15. The molecule has 1 rings (SSSR count). The first-order valence-corrected chi connectivity index (χ1v) is 6.21. The Balaban J connectivity index is 3.01. The Labute approximate surface area is 98.1 Å². The van der Waals surface area contributed by atoms with E-state index in [9.17, 15) is 17.6 Å². The third kappa shape index (κ3) is 3.31. The predicted molar refractivity (Wildman–Crippen MR) is 60.2 cm³/mol. The van der Waals surface area contributed by atoms with Crippen LogP contribution in [0, 0.1) is 5.82 Å². The summed E-state index contributed by atoms with van der Waals surface area (Å²) < 4.78 is 37.8. The highest BCUT2D eigenvalue weighted by Gasteiger charge is 2.20. The van der Waals surface area contributed by atoms with Crippen molar-refractivity contribution in [3.63, 3.8) is 0 Å². The van der Waals surface area contributed by atoms with Gasteiger partial charge in [-0.05, 0) is 25.1 Å². The van der Waals surface area contributed by atoms with Gasteiger partial charge in [0, 0.05) is 6.54 Å². The van der Waals surface area contributed by atoms with Gasteiger partial charge < -0.3 is 11.1 Å². The van der Waals surface area contributed by atoms with Gasteiger partial charge in [-0.3, -0.25) is 0 Å². The molecule has 6 nitrogen and oxygen atoms in total. The van der Waals surface area contributed by atoms with Crippen LogP contribution < -0.4 is 15.8 Å². The summed E-state index contributed by atoms with van der Waals surface area (Å²) in [6.07, 6.45) is 0. The van der Waals surface area contributed by atoms with Crippen molar-refractivity contribution in [2.24, 2.45) is 0 Å². The number of nitrogen functional groups attached to an aromatic ring is 1. The number of nitrogens with two attached hydrogens (primary N) is 1. The fourth-order valence-electron chi connectivity index (χ4n) is 1.14. The Hall–Kier alpha value is -1.83. The average Bonchev–Trinajstić information content (AvgIpc) is 2.15. The quantitative estimate of drug-likeness (QED) is 0.686. The molecule has 2 amide bonds. The van der Waals surface area contributed by atoms with Crippen molar-refractivity contribution < 1.29 is 17.6 Å². The number of amides is 2. The van der Waals surface area contributed by atoms with Gasteiger partial charge in [0.2, 0.25) is 0 Å². The Morgan fingerprint density at radius 2 is 2.12 bits per heavy atom. The molecule has 0 saturated carbocycles. The van der Waals surface area contributed by atoms with Gasteiger partial charge in [-0.15, -0.1) is 0 Å².